The van der Waals surface area contributed by atoms with Crippen LogP contribution in [0, 0.1) is 0 Å². The molecule has 1 aromatic rings. The van der Waals surface area contributed by atoms with Crippen LogP contribution in [0.2, 0.25) is 0 Å². The van der Waals surface area contributed by atoms with Gasteiger partial charge in [-0.3, -0.25) is 0 Å². The third-order valence-corrected chi connectivity index (χ3v) is 2.97. The molecule has 0 unspecified atom stereocenters. The minimum atomic E-state index is -0.168. The van der Waals surface area contributed by atoms with E-state index in [2.05, 4.69) is 40.0 Å². The number of nitrogens with zero attached hydrogens (tertiary/aromatic N) is 1. The summed E-state index contributed by atoms with van der Waals surface area (Å²) in [7, 11) is 3.75. The first kappa shape index (κ1) is 14.5. The van der Waals surface area contributed by atoms with Gasteiger partial charge in [-0.2, -0.15) is 0 Å². The Hall–Kier alpha value is -0.580. The molecule has 0 saturated carbocycles. The fourth-order valence-electron chi connectivity index (χ4n) is 1.87. The fourth-order valence-corrected chi connectivity index (χ4v) is 2.46. The number of ether oxygens (including phenoxy) is 1. The second kappa shape index (κ2) is 5.85. The quantitative estimate of drug-likeness (QED) is 0.908. The Morgan fingerprint density at radius 1 is 1.41 bits per heavy atom. The summed E-state index contributed by atoms with van der Waals surface area (Å²) in [5.41, 5.74) is 7.07. The summed E-state index contributed by atoms with van der Waals surface area (Å²) in [6.07, 6.45) is 0. The van der Waals surface area contributed by atoms with Crippen molar-refractivity contribution in [2.75, 3.05) is 20.7 Å². The maximum Gasteiger partial charge on any atom is 0.133 e. The van der Waals surface area contributed by atoms with Gasteiger partial charge in [-0.15, -0.1) is 0 Å². The maximum atomic E-state index is 5.99. The lowest BCUT2D eigenvalue weighted by molar-refractivity contribution is 0.263. The number of likely N-dealkylation sites (N-methyl/N-ethyl adjacent to an activating group) is 1. The van der Waals surface area contributed by atoms with E-state index in [4.69, 9.17) is 10.5 Å². The van der Waals surface area contributed by atoms with Crippen LogP contribution in [0.25, 0.3) is 0 Å². The molecule has 0 spiro atoms. The Labute approximate surface area is 112 Å². The van der Waals surface area contributed by atoms with Crippen molar-refractivity contribution in [1.82, 2.24) is 4.90 Å². The first-order valence-electron chi connectivity index (χ1n) is 5.61. The number of methoxy groups -OCH3 is 1. The highest BCUT2D eigenvalue weighted by atomic mass is 79.9. The standard InChI is InChI=1S/C13H21BrN2O/c1-13(2,15)9-16(3)8-10-5-6-12(17-4)11(14)7-10/h5-7H,8-9,15H2,1-4H3. The van der Waals surface area contributed by atoms with Crippen LogP contribution in [-0.2, 0) is 6.54 Å². The summed E-state index contributed by atoms with van der Waals surface area (Å²) < 4.78 is 6.19. The summed E-state index contributed by atoms with van der Waals surface area (Å²) in [4.78, 5) is 2.22. The molecule has 17 heavy (non-hydrogen) atoms. The Balaban J connectivity index is 2.66. The number of halogens is 1. The highest BCUT2D eigenvalue weighted by molar-refractivity contribution is 9.10. The molecule has 0 radical (unpaired) electrons. The minimum Gasteiger partial charge on any atom is -0.496 e. The van der Waals surface area contributed by atoms with Gasteiger partial charge in [-0.25, -0.2) is 0 Å². The van der Waals surface area contributed by atoms with Gasteiger partial charge >= 0.3 is 0 Å². The molecule has 0 aliphatic carbocycles. The first-order valence-corrected chi connectivity index (χ1v) is 6.41. The molecule has 4 heteroatoms. The van der Waals surface area contributed by atoms with Gasteiger partial charge in [0.1, 0.15) is 5.75 Å². The Morgan fingerprint density at radius 2 is 2.06 bits per heavy atom. The molecular formula is C13H21BrN2O. The number of hydrogen-bond donors (Lipinski definition) is 1. The predicted octanol–water partition coefficient (Wildman–Crippen LogP) is 2.63. The molecule has 0 amide bonds. The lowest BCUT2D eigenvalue weighted by Gasteiger charge is -2.26. The molecule has 0 aromatic heterocycles. The average Bonchev–Trinajstić information content (AvgIpc) is 2.14. The van der Waals surface area contributed by atoms with Crippen LogP contribution < -0.4 is 10.5 Å². The van der Waals surface area contributed by atoms with Gasteiger partial charge in [0, 0.05) is 18.6 Å². The van der Waals surface area contributed by atoms with Crippen molar-refractivity contribution in [3.8, 4) is 5.75 Å². The van der Waals surface area contributed by atoms with Crippen LogP contribution in [0.1, 0.15) is 19.4 Å². The first-order chi connectivity index (χ1) is 7.81. The second-order valence-electron chi connectivity index (χ2n) is 5.13. The third-order valence-electron chi connectivity index (χ3n) is 2.35. The van der Waals surface area contributed by atoms with E-state index in [0.29, 0.717) is 0 Å². The van der Waals surface area contributed by atoms with Crippen molar-refractivity contribution in [2.45, 2.75) is 25.9 Å². The number of rotatable bonds is 5. The van der Waals surface area contributed by atoms with E-state index in [1.54, 1.807) is 7.11 Å². The van der Waals surface area contributed by atoms with Gasteiger partial charge in [0.25, 0.3) is 0 Å². The molecule has 2 N–H and O–H groups in total. The smallest absolute Gasteiger partial charge is 0.133 e. The zero-order valence-corrected chi connectivity index (χ0v) is 12.5. The summed E-state index contributed by atoms with van der Waals surface area (Å²) >= 11 is 3.49. The molecule has 0 aliphatic heterocycles. The lowest BCUT2D eigenvalue weighted by Crippen LogP contribution is -2.43. The van der Waals surface area contributed by atoms with Crippen molar-refractivity contribution in [3.63, 3.8) is 0 Å². The van der Waals surface area contributed by atoms with Crippen LogP contribution in [0.4, 0.5) is 0 Å². The molecule has 0 heterocycles. The van der Waals surface area contributed by atoms with E-state index in [1.807, 2.05) is 19.9 Å². The molecule has 96 valence electrons. The van der Waals surface area contributed by atoms with E-state index in [-0.39, 0.29) is 5.54 Å². The molecular weight excluding hydrogens is 280 g/mol. The van der Waals surface area contributed by atoms with Crippen LogP contribution >= 0.6 is 15.9 Å². The highest BCUT2D eigenvalue weighted by Gasteiger charge is 2.14. The lowest BCUT2D eigenvalue weighted by atomic mass is 10.1. The molecule has 0 saturated heterocycles. The van der Waals surface area contributed by atoms with Crippen LogP contribution in [0.5, 0.6) is 5.75 Å². The molecule has 1 rings (SSSR count). The van der Waals surface area contributed by atoms with Crippen molar-refractivity contribution in [3.05, 3.63) is 28.2 Å². The minimum absolute atomic E-state index is 0.168. The third kappa shape index (κ3) is 5.06. The van der Waals surface area contributed by atoms with E-state index in [0.717, 1.165) is 23.3 Å². The van der Waals surface area contributed by atoms with E-state index in [1.165, 1.54) is 5.56 Å². The average molecular weight is 301 g/mol. The summed E-state index contributed by atoms with van der Waals surface area (Å²) in [5.74, 6) is 0.857. The summed E-state index contributed by atoms with van der Waals surface area (Å²) in [5, 5.41) is 0. The van der Waals surface area contributed by atoms with Crippen molar-refractivity contribution < 1.29 is 4.74 Å². The van der Waals surface area contributed by atoms with E-state index < -0.39 is 0 Å². The highest BCUT2D eigenvalue weighted by Crippen LogP contribution is 2.25. The second-order valence-corrected chi connectivity index (χ2v) is 5.98. The molecule has 0 atom stereocenters. The van der Waals surface area contributed by atoms with Crippen molar-refractivity contribution >= 4 is 15.9 Å². The zero-order valence-electron chi connectivity index (χ0n) is 11.0. The van der Waals surface area contributed by atoms with Gasteiger partial charge in [-0.05, 0) is 54.5 Å². The van der Waals surface area contributed by atoms with E-state index >= 15 is 0 Å². The van der Waals surface area contributed by atoms with Gasteiger partial charge in [0.05, 0.1) is 11.6 Å². The molecule has 1 aromatic carbocycles. The van der Waals surface area contributed by atoms with Gasteiger partial charge in [-0.1, -0.05) is 6.07 Å². The monoisotopic (exact) mass is 300 g/mol. The van der Waals surface area contributed by atoms with E-state index in [9.17, 15) is 0 Å². The van der Waals surface area contributed by atoms with Crippen molar-refractivity contribution in [1.29, 1.82) is 0 Å². The van der Waals surface area contributed by atoms with Crippen LogP contribution in [0.15, 0.2) is 22.7 Å². The normalized spacial score (nSPS) is 11.9. The molecule has 0 aliphatic rings. The zero-order chi connectivity index (χ0) is 13.1. The summed E-state index contributed by atoms with van der Waals surface area (Å²) in [6.45, 7) is 5.81. The molecule has 3 nitrogen and oxygen atoms in total. The topological polar surface area (TPSA) is 38.5 Å². The fraction of sp³-hybridized carbons (Fsp3) is 0.538. The maximum absolute atomic E-state index is 5.99. The number of benzene rings is 1. The number of hydrogen-bond acceptors (Lipinski definition) is 3. The van der Waals surface area contributed by atoms with Gasteiger partial charge < -0.3 is 15.4 Å². The Kier molecular flexibility index (Phi) is 4.98. The Morgan fingerprint density at radius 3 is 2.53 bits per heavy atom. The Bertz CT molecular complexity index is 374. The predicted molar refractivity (Wildman–Crippen MR) is 75.3 cm³/mol. The van der Waals surface area contributed by atoms with Gasteiger partial charge in [0.2, 0.25) is 0 Å². The molecule has 0 bridgehead atoms. The molecule has 0 fully saturated rings. The van der Waals surface area contributed by atoms with Gasteiger partial charge in [0.15, 0.2) is 0 Å². The SMILES string of the molecule is COc1ccc(CN(C)CC(C)(C)N)cc1Br. The van der Waals surface area contributed by atoms with Crippen LogP contribution in [-0.4, -0.2) is 31.1 Å². The van der Waals surface area contributed by atoms with Crippen molar-refractivity contribution in [2.24, 2.45) is 5.73 Å². The van der Waals surface area contributed by atoms with Crippen LogP contribution in [0.3, 0.4) is 0 Å². The number of nitrogens with two attached hydrogens (primary N) is 1. The largest absolute Gasteiger partial charge is 0.496 e. The summed E-state index contributed by atoms with van der Waals surface area (Å²) in [6, 6.07) is 6.13.